The summed E-state index contributed by atoms with van der Waals surface area (Å²) in [6.07, 6.45) is 3.88. The highest BCUT2D eigenvalue weighted by Gasteiger charge is 2.35. The molecule has 2 atom stereocenters. The minimum atomic E-state index is -3.17. The van der Waals surface area contributed by atoms with Crippen molar-refractivity contribution >= 4 is 33.4 Å². The summed E-state index contributed by atoms with van der Waals surface area (Å²) in [6.45, 7) is 7.89. The summed E-state index contributed by atoms with van der Waals surface area (Å²) in [6, 6.07) is 3.66. The molecule has 0 saturated carbocycles. The van der Waals surface area contributed by atoms with Gasteiger partial charge in [-0.15, -0.1) is 11.8 Å². The lowest BCUT2D eigenvalue weighted by molar-refractivity contribution is 0.122. The number of ether oxygens (including phenoxy) is 1. The van der Waals surface area contributed by atoms with Crippen LogP contribution >= 0.6 is 11.8 Å². The molecule has 3 aliphatic heterocycles. The molecule has 10 nitrogen and oxygen atoms in total. The maximum Gasteiger partial charge on any atom is 0.211 e. The van der Waals surface area contributed by atoms with Crippen LogP contribution in [0.15, 0.2) is 23.2 Å². The van der Waals surface area contributed by atoms with E-state index < -0.39 is 10.0 Å². The number of nitrogens with two attached hydrogens (primary N) is 1. The Bertz CT molecular complexity index is 1140. The molecule has 0 aliphatic carbocycles. The van der Waals surface area contributed by atoms with Gasteiger partial charge in [0, 0.05) is 68.7 Å². The van der Waals surface area contributed by atoms with E-state index in [1.165, 1.54) is 6.26 Å². The Kier molecular flexibility index (Phi) is 6.68. The molecule has 0 amide bonds. The molecule has 34 heavy (non-hydrogen) atoms. The van der Waals surface area contributed by atoms with Crippen LogP contribution in [0.25, 0.3) is 11.4 Å². The van der Waals surface area contributed by atoms with Crippen LogP contribution in [0.2, 0.25) is 0 Å². The van der Waals surface area contributed by atoms with Crippen molar-refractivity contribution in [1.82, 2.24) is 24.2 Å². The molecule has 0 aromatic carbocycles. The van der Waals surface area contributed by atoms with Crippen LogP contribution < -0.4 is 10.6 Å². The molecule has 2 saturated heterocycles. The third kappa shape index (κ3) is 5.01. The van der Waals surface area contributed by atoms with Crippen LogP contribution in [-0.2, 0) is 21.2 Å². The molecule has 2 fully saturated rings. The van der Waals surface area contributed by atoms with Crippen molar-refractivity contribution in [2.45, 2.75) is 29.5 Å². The zero-order chi connectivity index (χ0) is 23.9. The van der Waals surface area contributed by atoms with E-state index in [4.69, 9.17) is 20.4 Å². The molecule has 3 aliphatic rings. The SMILES string of the molecule is C[C@H]1CN(CC2Cc3nc(-c4ccc(N)nc4)nc(N4CCOCC4)c3S2)CCN1S(C)(=O)=O. The summed E-state index contributed by atoms with van der Waals surface area (Å²) in [7, 11) is -3.17. The van der Waals surface area contributed by atoms with Crippen molar-refractivity contribution in [1.29, 1.82) is 0 Å². The van der Waals surface area contributed by atoms with E-state index >= 15 is 0 Å². The molecule has 184 valence electrons. The zero-order valence-corrected chi connectivity index (χ0v) is 21.2. The molecule has 0 radical (unpaired) electrons. The monoisotopic (exact) mass is 505 g/mol. The highest BCUT2D eigenvalue weighted by Crippen LogP contribution is 2.43. The van der Waals surface area contributed by atoms with Gasteiger partial charge in [0.2, 0.25) is 10.0 Å². The Hall–Kier alpha value is -1.99. The number of nitrogen functional groups attached to an aromatic ring is 1. The number of hydrogen-bond acceptors (Lipinski definition) is 10. The van der Waals surface area contributed by atoms with E-state index in [1.54, 1.807) is 16.6 Å². The molecule has 1 unspecified atom stereocenters. The van der Waals surface area contributed by atoms with Gasteiger partial charge in [0.15, 0.2) is 5.82 Å². The molecule has 2 aromatic rings. The van der Waals surface area contributed by atoms with Crippen molar-refractivity contribution < 1.29 is 13.2 Å². The molecular weight excluding hydrogens is 474 g/mol. The summed E-state index contributed by atoms with van der Waals surface area (Å²) in [5.74, 6) is 2.12. The van der Waals surface area contributed by atoms with Gasteiger partial charge in [0.05, 0.1) is 30.1 Å². The fourth-order valence-corrected chi connectivity index (χ4v) is 7.43. The van der Waals surface area contributed by atoms with E-state index in [-0.39, 0.29) is 6.04 Å². The van der Waals surface area contributed by atoms with Gasteiger partial charge in [0.25, 0.3) is 0 Å². The lowest BCUT2D eigenvalue weighted by Gasteiger charge is -2.39. The van der Waals surface area contributed by atoms with Crippen LogP contribution in [0.4, 0.5) is 11.6 Å². The number of fused-ring (bicyclic) bond motifs is 1. The standard InChI is InChI=1S/C22H31N7O3S2/c1-15-13-27(5-6-29(15)34(2,30)31)14-17-11-18-20(33-17)22(28-7-9-32-10-8-28)26-21(25-18)16-3-4-19(23)24-12-16/h3-4,12,15,17H,5-11,13-14H2,1-2H3,(H2,23,24)/t15-,17?/m0/s1. The average Bonchev–Trinajstić information content (AvgIpc) is 3.21. The zero-order valence-electron chi connectivity index (χ0n) is 19.6. The molecular formula is C22H31N7O3S2. The summed E-state index contributed by atoms with van der Waals surface area (Å²) in [4.78, 5) is 19.9. The highest BCUT2D eigenvalue weighted by atomic mass is 32.2. The summed E-state index contributed by atoms with van der Waals surface area (Å²) < 4.78 is 31.2. The minimum absolute atomic E-state index is 0.0224. The number of piperazine rings is 1. The van der Waals surface area contributed by atoms with E-state index in [9.17, 15) is 8.42 Å². The van der Waals surface area contributed by atoms with Gasteiger partial charge < -0.3 is 15.4 Å². The van der Waals surface area contributed by atoms with Gasteiger partial charge in [-0.1, -0.05) is 0 Å². The number of sulfonamides is 1. The van der Waals surface area contributed by atoms with Crippen LogP contribution in [0.1, 0.15) is 12.6 Å². The quantitative estimate of drug-likeness (QED) is 0.629. The lowest BCUT2D eigenvalue weighted by Crippen LogP contribution is -2.54. The molecule has 5 heterocycles. The summed E-state index contributed by atoms with van der Waals surface area (Å²) in [5.41, 5.74) is 7.70. The first-order valence-electron chi connectivity index (χ1n) is 11.6. The van der Waals surface area contributed by atoms with Crippen LogP contribution in [0, 0.1) is 0 Å². The van der Waals surface area contributed by atoms with E-state index in [2.05, 4.69) is 14.8 Å². The first-order chi connectivity index (χ1) is 16.3. The second kappa shape index (κ2) is 9.57. The normalized spacial score (nSPS) is 24.4. The van der Waals surface area contributed by atoms with Gasteiger partial charge in [-0.2, -0.15) is 4.31 Å². The summed E-state index contributed by atoms with van der Waals surface area (Å²) in [5, 5.41) is 0.348. The first-order valence-corrected chi connectivity index (χ1v) is 14.3. The van der Waals surface area contributed by atoms with Crippen molar-refractivity contribution in [3.63, 3.8) is 0 Å². The molecule has 12 heteroatoms. The van der Waals surface area contributed by atoms with Gasteiger partial charge >= 0.3 is 0 Å². The largest absolute Gasteiger partial charge is 0.384 e. The Morgan fingerprint density at radius 3 is 2.65 bits per heavy atom. The van der Waals surface area contributed by atoms with Gasteiger partial charge in [-0.25, -0.2) is 23.4 Å². The third-order valence-electron chi connectivity index (χ3n) is 6.52. The van der Waals surface area contributed by atoms with Crippen LogP contribution in [-0.4, -0.2) is 103 Å². The van der Waals surface area contributed by atoms with Gasteiger partial charge in [-0.05, 0) is 19.1 Å². The van der Waals surface area contributed by atoms with Crippen molar-refractivity contribution in [2.24, 2.45) is 0 Å². The van der Waals surface area contributed by atoms with Gasteiger partial charge in [0.1, 0.15) is 11.6 Å². The van der Waals surface area contributed by atoms with Crippen molar-refractivity contribution in [3.05, 3.63) is 24.0 Å². The Morgan fingerprint density at radius 1 is 1.18 bits per heavy atom. The van der Waals surface area contributed by atoms with E-state index in [0.717, 1.165) is 61.1 Å². The van der Waals surface area contributed by atoms with E-state index in [0.29, 0.717) is 36.7 Å². The van der Waals surface area contributed by atoms with Gasteiger partial charge in [-0.3, -0.25) is 4.90 Å². The average molecular weight is 506 g/mol. The Balaban J connectivity index is 1.36. The van der Waals surface area contributed by atoms with E-state index in [1.807, 2.05) is 24.8 Å². The number of anilines is 2. The first kappa shape index (κ1) is 23.7. The number of aromatic nitrogens is 3. The number of nitrogens with zero attached hydrogens (tertiary/aromatic N) is 6. The van der Waals surface area contributed by atoms with Crippen molar-refractivity contribution in [2.75, 3.05) is 69.4 Å². The highest BCUT2D eigenvalue weighted by molar-refractivity contribution is 8.00. The molecule has 2 N–H and O–H groups in total. The second-order valence-corrected chi connectivity index (χ2v) is 12.4. The minimum Gasteiger partial charge on any atom is -0.384 e. The van der Waals surface area contributed by atoms with Crippen LogP contribution in [0.5, 0.6) is 0 Å². The maximum atomic E-state index is 12.0. The molecule has 0 spiro atoms. The Labute approximate surface area is 204 Å². The number of thioether (sulfide) groups is 1. The third-order valence-corrected chi connectivity index (χ3v) is 9.21. The molecule has 5 rings (SSSR count). The predicted octanol–water partition coefficient (Wildman–Crippen LogP) is 0.940. The number of morpholine rings is 1. The Morgan fingerprint density at radius 2 is 1.97 bits per heavy atom. The number of rotatable bonds is 5. The fraction of sp³-hybridized carbons (Fsp3) is 0.591. The second-order valence-electron chi connectivity index (χ2n) is 9.14. The maximum absolute atomic E-state index is 12.0. The van der Waals surface area contributed by atoms with Crippen molar-refractivity contribution in [3.8, 4) is 11.4 Å². The smallest absolute Gasteiger partial charge is 0.211 e. The van der Waals surface area contributed by atoms with Crippen LogP contribution in [0.3, 0.4) is 0 Å². The number of hydrogen-bond donors (Lipinski definition) is 1. The topological polar surface area (TPSA) is 118 Å². The molecule has 0 bridgehead atoms. The molecule has 2 aromatic heterocycles. The fourth-order valence-electron chi connectivity index (χ4n) is 4.89. The lowest BCUT2D eigenvalue weighted by atomic mass is 10.1. The predicted molar refractivity (Wildman–Crippen MR) is 134 cm³/mol. The summed E-state index contributed by atoms with van der Waals surface area (Å²) >= 11 is 1.85. The number of pyridine rings is 1.